The van der Waals surface area contributed by atoms with Gasteiger partial charge in [-0.2, -0.15) is 0 Å². The highest BCUT2D eigenvalue weighted by atomic mass is 16.5. The molecule has 1 N–H and O–H groups in total. The lowest BCUT2D eigenvalue weighted by molar-refractivity contribution is 0.228. The first kappa shape index (κ1) is 20.0. The number of nitrogens with one attached hydrogen (secondary N) is 1. The van der Waals surface area contributed by atoms with Gasteiger partial charge in [0.05, 0.1) is 18.2 Å². The first-order valence-corrected chi connectivity index (χ1v) is 11.3. The van der Waals surface area contributed by atoms with E-state index in [1.807, 2.05) is 18.2 Å². The van der Waals surface area contributed by atoms with Gasteiger partial charge in [-0.1, -0.05) is 30.9 Å². The molecule has 31 heavy (non-hydrogen) atoms. The molecule has 0 spiro atoms. The standard InChI is InChI=1S/C28H31NO2/c1-6-18-10-7-8-11-19(18)27-26-20(25-22(30-5)12-9-13-23(25)31-27)14-15-21-24(26)17(2)16-28(3,4)29-21/h6,9,12-16,27,29H,1,7-8,10-11H2,2-5H3. The van der Waals surface area contributed by atoms with E-state index in [9.17, 15) is 0 Å². The highest BCUT2D eigenvalue weighted by molar-refractivity contribution is 5.91. The fourth-order valence-corrected chi connectivity index (χ4v) is 5.60. The molecule has 2 aromatic carbocycles. The van der Waals surface area contributed by atoms with Crippen molar-refractivity contribution in [3.8, 4) is 22.6 Å². The Morgan fingerprint density at radius 1 is 1.13 bits per heavy atom. The van der Waals surface area contributed by atoms with Crippen LogP contribution in [0.25, 0.3) is 16.7 Å². The Morgan fingerprint density at radius 2 is 1.94 bits per heavy atom. The summed E-state index contributed by atoms with van der Waals surface area (Å²) < 4.78 is 12.6. The van der Waals surface area contributed by atoms with E-state index in [0.29, 0.717) is 0 Å². The number of benzene rings is 2. The SMILES string of the molecule is C=CC1=C(C2Oc3cccc(OC)c3-c3ccc4c(c32)C(C)=CC(C)(C)N4)CCCC1. The summed E-state index contributed by atoms with van der Waals surface area (Å²) in [4.78, 5) is 0. The lowest BCUT2D eigenvalue weighted by atomic mass is 9.77. The van der Waals surface area contributed by atoms with Crippen LogP contribution in [0, 0.1) is 0 Å². The van der Waals surface area contributed by atoms with Gasteiger partial charge in [0.15, 0.2) is 0 Å². The summed E-state index contributed by atoms with van der Waals surface area (Å²) in [5.74, 6) is 1.74. The van der Waals surface area contributed by atoms with Crippen molar-refractivity contribution in [2.45, 2.75) is 58.1 Å². The smallest absolute Gasteiger partial charge is 0.147 e. The van der Waals surface area contributed by atoms with Crippen molar-refractivity contribution in [3.63, 3.8) is 0 Å². The molecule has 0 fully saturated rings. The molecule has 2 aromatic rings. The molecule has 2 heterocycles. The molecule has 3 nitrogen and oxygen atoms in total. The predicted molar refractivity (Wildman–Crippen MR) is 129 cm³/mol. The van der Waals surface area contributed by atoms with Crippen molar-refractivity contribution in [3.05, 3.63) is 71.3 Å². The Balaban J connectivity index is 1.83. The molecule has 160 valence electrons. The van der Waals surface area contributed by atoms with Crippen molar-refractivity contribution in [2.75, 3.05) is 12.4 Å². The Bertz CT molecular complexity index is 1140. The van der Waals surface area contributed by atoms with Gasteiger partial charge < -0.3 is 14.8 Å². The van der Waals surface area contributed by atoms with Crippen LogP contribution < -0.4 is 14.8 Å². The molecule has 1 aliphatic carbocycles. The van der Waals surface area contributed by atoms with E-state index in [2.05, 4.69) is 56.9 Å². The Morgan fingerprint density at radius 3 is 2.71 bits per heavy atom. The third-order valence-corrected chi connectivity index (χ3v) is 6.78. The summed E-state index contributed by atoms with van der Waals surface area (Å²) in [7, 11) is 1.73. The number of allylic oxidation sites excluding steroid dienone is 3. The zero-order valence-electron chi connectivity index (χ0n) is 19.0. The molecule has 5 rings (SSSR count). The fraction of sp³-hybridized carbons (Fsp3) is 0.357. The molecule has 0 radical (unpaired) electrons. The summed E-state index contributed by atoms with van der Waals surface area (Å²) in [6.07, 6.45) is 8.80. The summed E-state index contributed by atoms with van der Waals surface area (Å²) in [6, 6.07) is 10.6. The van der Waals surface area contributed by atoms with Crippen molar-refractivity contribution in [1.29, 1.82) is 0 Å². The van der Waals surface area contributed by atoms with Crippen LogP contribution in [0.1, 0.15) is 63.7 Å². The maximum Gasteiger partial charge on any atom is 0.147 e. The Kier molecular flexibility index (Phi) is 4.73. The molecule has 3 aliphatic rings. The van der Waals surface area contributed by atoms with Crippen LogP contribution in [-0.2, 0) is 0 Å². The maximum absolute atomic E-state index is 6.80. The number of ether oxygens (including phenoxy) is 2. The molecular formula is C28H31NO2. The third kappa shape index (κ3) is 3.18. The minimum atomic E-state index is -0.107. The molecule has 0 amide bonds. The normalized spacial score (nSPS) is 21.0. The number of fused-ring (bicyclic) bond motifs is 5. The highest BCUT2D eigenvalue weighted by Crippen LogP contribution is 2.54. The molecule has 0 aromatic heterocycles. The molecule has 0 saturated carbocycles. The number of anilines is 1. The number of rotatable bonds is 3. The first-order chi connectivity index (χ1) is 14.9. The van der Waals surface area contributed by atoms with Crippen LogP contribution in [0.4, 0.5) is 5.69 Å². The van der Waals surface area contributed by atoms with Crippen LogP contribution >= 0.6 is 0 Å². The molecule has 3 heteroatoms. The molecular weight excluding hydrogens is 382 g/mol. The average molecular weight is 414 g/mol. The molecule has 2 aliphatic heterocycles. The lowest BCUT2D eigenvalue weighted by Crippen LogP contribution is -2.32. The zero-order valence-corrected chi connectivity index (χ0v) is 19.0. The quantitative estimate of drug-likeness (QED) is 0.566. The fourth-order valence-electron chi connectivity index (χ4n) is 5.60. The third-order valence-electron chi connectivity index (χ3n) is 6.78. The summed E-state index contributed by atoms with van der Waals surface area (Å²) >= 11 is 0. The summed E-state index contributed by atoms with van der Waals surface area (Å²) in [5, 5.41) is 3.72. The van der Waals surface area contributed by atoms with Gasteiger partial charge in [0.25, 0.3) is 0 Å². The van der Waals surface area contributed by atoms with Gasteiger partial charge in [-0.15, -0.1) is 0 Å². The first-order valence-electron chi connectivity index (χ1n) is 11.3. The van der Waals surface area contributed by atoms with Gasteiger partial charge in [-0.05, 0) is 86.9 Å². The second-order valence-electron chi connectivity index (χ2n) is 9.42. The van der Waals surface area contributed by atoms with E-state index in [4.69, 9.17) is 9.47 Å². The average Bonchev–Trinajstić information content (AvgIpc) is 2.76. The van der Waals surface area contributed by atoms with Crippen LogP contribution in [0.2, 0.25) is 0 Å². The van der Waals surface area contributed by atoms with Gasteiger partial charge >= 0.3 is 0 Å². The number of hydrogen-bond acceptors (Lipinski definition) is 3. The number of hydrogen-bond donors (Lipinski definition) is 1. The van der Waals surface area contributed by atoms with Gasteiger partial charge in [0.1, 0.15) is 17.6 Å². The van der Waals surface area contributed by atoms with E-state index in [1.165, 1.54) is 51.9 Å². The maximum atomic E-state index is 6.80. The van der Waals surface area contributed by atoms with Crippen LogP contribution in [0.15, 0.2) is 60.2 Å². The summed E-state index contributed by atoms with van der Waals surface area (Å²) in [5.41, 5.74) is 9.88. The van der Waals surface area contributed by atoms with Crippen molar-refractivity contribution >= 4 is 11.3 Å². The second-order valence-corrected chi connectivity index (χ2v) is 9.42. The monoisotopic (exact) mass is 413 g/mol. The minimum Gasteiger partial charge on any atom is -0.496 e. The largest absolute Gasteiger partial charge is 0.496 e. The van der Waals surface area contributed by atoms with Crippen molar-refractivity contribution < 1.29 is 9.47 Å². The summed E-state index contributed by atoms with van der Waals surface area (Å²) in [6.45, 7) is 10.8. The Hall–Kier alpha value is -2.94. The van der Waals surface area contributed by atoms with Crippen LogP contribution in [0.3, 0.4) is 0 Å². The minimum absolute atomic E-state index is 0.0810. The Labute approximate surface area is 185 Å². The number of methoxy groups -OCH3 is 1. The van der Waals surface area contributed by atoms with Gasteiger partial charge in [0, 0.05) is 16.8 Å². The molecule has 1 atom stereocenters. The van der Waals surface area contributed by atoms with Gasteiger partial charge in [-0.3, -0.25) is 0 Å². The zero-order chi connectivity index (χ0) is 21.8. The van der Waals surface area contributed by atoms with Gasteiger partial charge in [0.2, 0.25) is 0 Å². The van der Waals surface area contributed by atoms with E-state index in [-0.39, 0.29) is 11.6 Å². The van der Waals surface area contributed by atoms with Crippen molar-refractivity contribution in [1.82, 2.24) is 0 Å². The molecule has 1 unspecified atom stereocenters. The van der Waals surface area contributed by atoms with Crippen LogP contribution in [0.5, 0.6) is 11.5 Å². The van der Waals surface area contributed by atoms with E-state index in [1.54, 1.807) is 7.11 Å². The highest BCUT2D eigenvalue weighted by Gasteiger charge is 2.37. The van der Waals surface area contributed by atoms with E-state index in [0.717, 1.165) is 29.9 Å². The topological polar surface area (TPSA) is 30.5 Å². The van der Waals surface area contributed by atoms with Gasteiger partial charge in [-0.25, -0.2) is 0 Å². The second kappa shape index (κ2) is 7.33. The molecule has 0 bridgehead atoms. The van der Waals surface area contributed by atoms with Crippen molar-refractivity contribution in [2.24, 2.45) is 0 Å². The predicted octanol–water partition coefficient (Wildman–Crippen LogP) is 7.46. The lowest BCUT2D eigenvalue weighted by Gasteiger charge is -2.39. The van der Waals surface area contributed by atoms with Crippen LogP contribution in [-0.4, -0.2) is 12.6 Å². The molecule has 0 saturated heterocycles. The van der Waals surface area contributed by atoms with E-state index < -0.39 is 0 Å². The van der Waals surface area contributed by atoms with E-state index >= 15 is 0 Å².